The van der Waals surface area contributed by atoms with Gasteiger partial charge in [0.15, 0.2) is 0 Å². The molecule has 0 unspecified atom stereocenters. The molecule has 0 amide bonds. The fraction of sp³-hybridized carbons (Fsp3) is 0.0870. The Morgan fingerprint density at radius 1 is 0.815 bits per heavy atom. The Kier molecular flexibility index (Phi) is 7.01. The normalized spacial score (nSPS) is 10.3. The van der Waals surface area contributed by atoms with Gasteiger partial charge in [-0.05, 0) is 58.7 Å². The topological polar surface area (TPSA) is 23.8 Å². The zero-order valence-electron chi connectivity index (χ0n) is 14.5. The lowest BCUT2D eigenvalue weighted by atomic mass is 9.98. The van der Waals surface area contributed by atoms with Crippen molar-refractivity contribution >= 4 is 40.5 Å². The molecule has 0 N–H and O–H groups in total. The van der Waals surface area contributed by atoms with Crippen LogP contribution in [0, 0.1) is 11.3 Å². The van der Waals surface area contributed by atoms with Crippen LogP contribution in [0.15, 0.2) is 78.9 Å². The van der Waals surface area contributed by atoms with Gasteiger partial charge in [-0.15, -0.1) is 0 Å². The molecule has 3 aromatic rings. The summed E-state index contributed by atoms with van der Waals surface area (Å²) in [6.07, 6.45) is 2.24. The molecule has 0 aliphatic heterocycles. The molecule has 0 spiro atoms. The van der Waals surface area contributed by atoms with Crippen molar-refractivity contribution in [3.05, 3.63) is 111 Å². The molecule has 0 aliphatic carbocycles. The van der Waals surface area contributed by atoms with Gasteiger partial charge in [0.2, 0.25) is 0 Å². The second kappa shape index (κ2) is 9.67. The first kappa shape index (κ1) is 19.6. The summed E-state index contributed by atoms with van der Waals surface area (Å²) in [6, 6.07) is 25.7. The maximum Gasteiger partial charge on any atom is 0.0991 e. The molecule has 0 aromatic heterocycles. The number of benzene rings is 3. The van der Waals surface area contributed by atoms with E-state index in [1.165, 1.54) is 5.56 Å². The van der Waals surface area contributed by atoms with Gasteiger partial charge in [-0.2, -0.15) is 17.0 Å². The largest absolute Gasteiger partial charge is 0.192 e. The van der Waals surface area contributed by atoms with E-state index >= 15 is 0 Å². The van der Waals surface area contributed by atoms with Crippen LogP contribution in [-0.4, -0.2) is 5.75 Å². The van der Waals surface area contributed by atoms with E-state index in [2.05, 4.69) is 12.1 Å². The molecule has 0 atom stereocenters. The van der Waals surface area contributed by atoms with Crippen LogP contribution < -0.4 is 0 Å². The van der Waals surface area contributed by atoms with Gasteiger partial charge in [0.25, 0.3) is 0 Å². The highest BCUT2D eigenvalue weighted by Gasteiger charge is 2.05. The first-order valence-corrected chi connectivity index (χ1v) is 10.4. The molecule has 3 rings (SSSR count). The maximum atomic E-state index is 8.87. The fourth-order valence-electron chi connectivity index (χ4n) is 2.66. The summed E-state index contributed by atoms with van der Waals surface area (Å²) in [7, 11) is 0. The Balaban J connectivity index is 1.74. The Hall–Kier alpha value is -2.18. The molecular weight excluding hydrogens is 393 g/mol. The van der Waals surface area contributed by atoms with Gasteiger partial charge < -0.3 is 0 Å². The number of hydrogen-bond donors (Lipinski definition) is 0. The summed E-state index contributed by atoms with van der Waals surface area (Å²) in [5.41, 5.74) is 5.32. The average Bonchev–Trinajstić information content (AvgIpc) is 2.70. The molecule has 1 nitrogen and oxygen atoms in total. The van der Waals surface area contributed by atoms with Crippen molar-refractivity contribution in [2.75, 3.05) is 5.75 Å². The average molecular weight is 410 g/mol. The van der Waals surface area contributed by atoms with Crippen LogP contribution in [0.1, 0.15) is 22.3 Å². The lowest BCUT2D eigenvalue weighted by molar-refractivity contribution is 1.39. The molecule has 0 radical (unpaired) electrons. The lowest BCUT2D eigenvalue weighted by Crippen LogP contribution is -1.90. The molecule has 27 heavy (non-hydrogen) atoms. The number of nitrogens with zero attached hydrogens (tertiary/aromatic N) is 1. The van der Waals surface area contributed by atoms with Crippen molar-refractivity contribution in [3.8, 4) is 6.07 Å². The quantitative estimate of drug-likeness (QED) is 0.400. The predicted molar refractivity (Wildman–Crippen MR) is 117 cm³/mol. The van der Waals surface area contributed by atoms with E-state index in [4.69, 9.17) is 28.5 Å². The second-order valence-electron chi connectivity index (χ2n) is 5.96. The van der Waals surface area contributed by atoms with Crippen molar-refractivity contribution in [1.29, 1.82) is 5.26 Å². The van der Waals surface area contributed by atoms with E-state index in [1.807, 2.05) is 84.6 Å². The molecule has 0 saturated heterocycles. The van der Waals surface area contributed by atoms with E-state index in [0.29, 0.717) is 5.56 Å². The lowest BCUT2D eigenvalue weighted by Gasteiger charge is -2.10. The number of hydrogen-bond acceptors (Lipinski definition) is 2. The minimum absolute atomic E-state index is 0.691. The monoisotopic (exact) mass is 409 g/mol. The molecule has 0 fully saturated rings. The number of nitriles is 1. The van der Waals surface area contributed by atoms with Crippen molar-refractivity contribution < 1.29 is 0 Å². The van der Waals surface area contributed by atoms with Crippen LogP contribution in [-0.2, 0) is 5.75 Å². The van der Waals surface area contributed by atoms with E-state index in [-0.39, 0.29) is 0 Å². The van der Waals surface area contributed by atoms with Gasteiger partial charge in [0, 0.05) is 21.6 Å². The Morgan fingerprint density at radius 3 is 1.81 bits per heavy atom. The minimum Gasteiger partial charge on any atom is -0.192 e. The highest BCUT2D eigenvalue weighted by atomic mass is 35.5. The van der Waals surface area contributed by atoms with Crippen LogP contribution >= 0.6 is 35.0 Å². The molecular formula is C23H17Cl2NS. The fourth-order valence-corrected chi connectivity index (χ4v) is 3.74. The van der Waals surface area contributed by atoms with E-state index in [0.717, 1.165) is 38.3 Å². The molecule has 0 heterocycles. The summed E-state index contributed by atoms with van der Waals surface area (Å²) >= 11 is 13.9. The third-order valence-corrected chi connectivity index (χ3v) is 5.51. The standard InChI is InChI=1S/C23H17Cl2NS/c24-21-9-5-19(6-10-21)23(20-7-11-22(25)12-8-20)13-14-27-16-18-3-1-17(15-26)2-4-18/h1-13H,14,16H2. The molecule has 3 aromatic carbocycles. The maximum absolute atomic E-state index is 8.87. The SMILES string of the molecule is N#Cc1ccc(CSCC=C(c2ccc(Cl)cc2)c2ccc(Cl)cc2)cc1. The third-order valence-electron chi connectivity index (χ3n) is 4.07. The summed E-state index contributed by atoms with van der Waals surface area (Å²) in [4.78, 5) is 0. The summed E-state index contributed by atoms with van der Waals surface area (Å²) < 4.78 is 0. The van der Waals surface area contributed by atoms with Crippen molar-refractivity contribution in [2.45, 2.75) is 5.75 Å². The van der Waals surface area contributed by atoms with E-state index in [9.17, 15) is 0 Å². The third kappa shape index (κ3) is 5.65. The van der Waals surface area contributed by atoms with Gasteiger partial charge in [-0.1, -0.05) is 65.7 Å². The van der Waals surface area contributed by atoms with Gasteiger partial charge >= 0.3 is 0 Å². The van der Waals surface area contributed by atoms with Gasteiger partial charge in [0.05, 0.1) is 11.6 Å². The number of rotatable bonds is 6. The number of halogens is 2. The number of thioether (sulfide) groups is 1. The van der Waals surface area contributed by atoms with Crippen LogP contribution in [0.4, 0.5) is 0 Å². The van der Waals surface area contributed by atoms with Crippen LogP contribution in [0.3, 0.4) is 0 Å². The summed E-state index contributed by atoms with van der Waals surface area (Å²) in [5.74, 6) is 1.78. The Labute approximate surface area is 174 Å². The van der Waals surface area contributed by atoms with Gasteiger partial charge in [-0.25, -0.2) is 0 Å². The summed E-state index contributed by atoms with van der Waals surface area (Å²) in [6.45, 7) is 0. The second-order valence-corrected chi connectivity index (χ2v) is 7.86. The van der Waals surface area contributed by atoms with Crippen molar-refractivity contribution in [3.63, 3.8) is 0 Å². The highest BCUT2D eigenvalue weighted by molar-refractivity contribution is 7.98. The first-order valence-electron chi connectivity index (χ1n) is 8.44. The van der Waals surface area contributed by atoms with Gasteiger partial charge in [0.1, 0.15) is 0 Å². The zero-order valence-corrected chi connectivity index (χ0v) is 16.9. The van der Waals surface area contributed by atoms with Crippen molar-refractivity contribution in [1.82, 2.24) is 0 Å². The summed E-state index contributed by atoms with van der Waals surface area (Å²) in [5, 5.41) is 10.3. The molecule has 0 saturated carbocycles. The molecule has 134 valence electrons. The predicted octanol–water partition coefficient (Wildman–Crippen LogP) is 7.23. The van der Waals surface area contributed by atoms with Crippen LogP contribution in [0.25, 0.3) is 5.57 Å². The molecule has 0 aliphatic rings. The minimum atomic E-state index is 0.691. The van der Waals surface area contributed by atoms with Crippen LogP contribution in [0.2, 0.25) is 10.0 Å². The first-order chi connectivity index (χ1) is 13.2. The van der Waals surface area contributed by atoms with Crippen LogP contribution in [0.5, 0.6) is 0 Å². The molecule has 4 heteroatoms. The highest BCUT2D eigenvalue weighted by Crippen LogP contribution is 2.27. The van der Waals surface area contributed by atoms with Gasteiger partial charge in [-0.3, -0.25) is 0 Å². The van der Waals surface area contributed by atoms with E-state index < -0.39 is 0 Å². The Morgan fingerprint density at radius 2 is 1.33 bits per heavy atom. The smallest absolute Gasteiger partial charge is 0.0991 e. The zero-order chi connectivity index (χ0) is 19.1. The Bertz CT molecular complexity index is 906. The van der Waals surface area contributed by atoms with Crippen molar-refractivity contribution in [2.24, 2.45) is 0 Å². The molecule has 0 bridgehead atoms. The van der Waals surface area contributed by atoms with E-state index in [1.54, 1.807) is 0 Å².